The molecule has 1 N–H and O–H groups in total. The van der Waals surface area contributed by atoms with E-state index in [-0.39, 0.29) is 0 Å². The molecule has 0 radical (unpaired) electrons. The largest absolute Gasteiger partial charge is 0.318 e. The second-order valence-electron chi connectivity index (χ2n) is 3.13. The molecule has 0 bridgehead atoms. The van der Waals surface area contributed by atoms with Gasteiger partial charge in [0.2, 0.25) is 0 Å². The monoisotopic (exact) mass is 172 g/mol. The molecule has 12 heavy (non-hydrogen) atoms. The van der Waals surface area contributed by atoms with Crippen molar-refractivity contribution in [3.8, 4) is 0 Å². The molecule has 0 heterocycles. The lowest BCUT2D eigenvalue weighted by molar-refractivity contribution is -0.119. The number of likely N-dealkylation sites (N-methyl/N-ethyl adjacent to an activating group) is 2. The first-order valence-electron chi connectivity index (χ1n) is 4.55. The summed E-state index contributed by atoms with van der Waals surface area (Å²) in [5.41, 5.74) is 0. The molecular formula is C9H20N2O. The number of rotatable bonds is 7. The number of Topliss-reactive ketones (excluding diaryl/α,β-unsaturated/α-hetero) is 1. The van der Waals surface area contributed by atoms with Gasteiger partial charge in [-0.15, -0.1) is 0 Å². The molecule has 3 heteroatoms. The quantitative estimate of drug-likeness (QED) is 0.607. The van der Waals surface area contributed by atoms with Gasteiger partial charge in [0.1, 0.15) is 5.78 Å². The Balaban J connectivity index is 3.40. The number of nitrogens with one attached hydrogen (secondary N) is 1. The Labute approximate surface area is 75.1 Å². The Morgan fingerprint density at radius 3 is 2.67 bits per heavy atom. The van der Waals surface area contributed by atoms with Gasteiger partial charge in [-0.1, -0.05) is 6.92 Å². The molecule has 0 aromatic heterocycles. The van der Waals surface area contributed by atoms with Crippen molar-refractivity contribution in [1.29, 1.82) is 0 Å². The maximum atomic E-state index is 11.2. The Morgan fingerprint density at radius 1 is 1.50 bits per heavy atom. The van der Waals surface area contributed by atoms with Crippen LogP contribution in [-0.2, 0) is 4.79 Å². The highest BCUT2D eigenvalue weighted by atomic mass is 16.1. The van der Waals surface area contributed by atoms with Crippen molar-refractivity contribution in [3.63, 3.8) is 0 Å². The highest BCUT2D eigenvalue weighted by Crippen LogP contribution is 1.91. The predicted octanol–water partition coefficient (Wildman–Crippen LogP) is 0.507. The number of carbonyl (C=O) groups excluding carboxylic acids is 1. The molecule has 0 amide bonds. The van der Waals surface area contributed by atoms with Crippen molar-refractivity contribution >= 4 is 5.78 Å². The van der Waals surface area contributed by atoms with Gasteiger partial charge in [0.15, 0.2) is 0 Å². The third kappa shape index (κ3) is 6.31. The van der Waals surface area contributed by atoms with Gasteiger partial charge in [-0.25, -0.2) is 0 Å². The van der Waals surface area contributed by atoms with Crippen LogP contribution in [0.1, 0.15) is 19.8 Å². The lowest BCUT2D eigenvalue weighted by Crippen LogP contribution is -2.31. The van der Waals surface area contributed by atoms with Crippen LogP contribution in [0, 0.1) is 0 Å². The molecule has 72 valence electrons. The van der Waals surface area contributed by atoms with Crippen molar-refractivity contribution in [2.24, 2.45) is 0 Å². The third-order valence-corrected chi connectivity index (χ3v) is 1.72. The van der Waals surface area contributed by atoms with Crippen LogP contribution < -0.4 is 5.32 Å². The second-order valence-corrected chi connectivity index (χ2v) is 3.13. The molecule has 0 saturated carbocycles. The molecule has 0 unspecified atom stereocenters. The zero-order valence-electron chi connectivity index (χ0n) is 8.39. The van der Waals surface area contributed by atoms with Gasteiger partial charge in [-0.3, -0.25) is 9.69 Å². The Hall–Kier alpha value is -0.410. The average molecular weight is 172 g/mol. The first-order chi connectivity index (χ1) is 5.70. The summed E-state index contributed by atoms with van der Waals surface area (Å²) >= 11 is 0. The molecule has 0 aliphatic carbocycles. The minimum absolute atomic E-state index is 0.344. The van der Waals surface area contributed by atoms with Gasteiger partial charge in [0.05, 0.1) is 6.54 Å². The molecular weight excluding hydrogens is 152 g/mol. The van der Waals surface area contributed by atoms with Crippen molar-refractivity contribution in [2.75, 3.05) is 33.7 Å². The zero-order valence-corrected chi connectivity index (χ0v) is 8.39. The predicted molar refractivity (Wildman–Crippen MR) is 51.3 cm³/mol. The first-order valence-corrected chi connectivity index (χ1v) is 4.55. The Kier molecular flexibility index (Phi) is 7.00. The van der Waals surface area contributed by atoms with Gasteiger partial charge in [0, 0.05) is 19.5 Å². The molecule has 0 aromatic rings. The molecule has 0 spiro atoms. The second kappa shape index (κ2) is 7.25. The van der Waals surface area contributed by atoms with Gasteiger partial charge in [-0.05, 0) is 20.5 Å². The number of carbonyl (C=O) groups is 1. The van der Waals surface area contributed by atoms with E-state index in [2.05, 4.69) is 10.2 Å². The summed E-state index contributed by atoms with van der Waals surface area (Å²) in [5, 5.41) is 3.05. The molecule has 0 atom stereocenters. The summed E-state index contributed by atoms with van der Waals surface area (Å²) in [6.45, 7) is 4.50. The van der Waals surface area contributed by atoms with Crippen LogP contribution in [0.25, 0.3) is 0 Å². The summed E-state index contributed by atoms with van der Waals surface area (Å²) in [7, 11) is 3.90. The maximum absolute atomic E-state index is 11.2. The fourth-order valence-electron chi connectivity index (χ4n) is 1.04. The SMILES string of the molecule is CCCC(=O)CN(C)CCNC. The van der Waals surface area contributed by atoms with Crippen LogP contribution in [0.2, 0.25) is 0 Å². The van der Waals surface area contributed by atoms with Crippen molar-refractivity contribution in [1.82, 2.24) is 10.2 Å². The smallest absolute Gasteiger partial charge is 0.146 e. The van der Waals surface area contributed by atoms with E-state index >= 15 is 0 Å². The van der Waals surface area contributed by atoms with Crippen molar-refractivity contribution in [2.45, 2.75) is 19.8 Å². The van der Waals surface area contributed by atoms with E-state index in [9.17, 15) is 4.79 Å². The van der Waals surface area contributed by atoms with E-state index in [0.29, 0.717) is 18.7 Å². The van der Waals surface area contributed by atoms with E-state index in [4.69, 9.17) is 0 Å². The van der Waals surface area contributed by atoms with Gasteiger partial charge in [-0.2, -0.15) is 0 Å². The van der Waals surface area contributed by atoms with Crippen LogP contribution in [0.15, 0.2) is 0 Å². The fourth-order valence-corrected chi connectivity index (χ4v) is 1.04. The highest BCUT2D eigenvalue weighted by molar-refractivity contribution is 5.80. The van der Waals surface area contributed by atoms with Crippen LogP contribution in [0.3, 0.4) is 0 Å². The number of nitrogens with zero attached hydrogens (tertiary/aromatic N) is 1. The molecule has 3 nitrogen and oxygen atoms in total. The third-order valence-electron chi connectivity index (χ3n) is 1.72. The molecule has 0 rings (SSSR count). The summed E-state index contributed by atoms with van der Waals surface area (Å²) < 4.78 is 0. The van der Waals surface area contributed by atoms with Crippen LogP contribution >= 0.6 is 0 Å². The molecule has 0 fully saturated rings. The van der Waals surface area contributed by atoms with E-state index in [0.717, 1.165) is 19.5 Å². The molecule has 0 saturated heterocycles. The molecule has 0 aliphatic rings. The van der Waals surface area contributed by atoms with E-state index < -0.39 is 0 Å². The highest BCUT2D eigenvalue weighted by Gasteiger charge is 2.03. The lowest BCUT2D eigenvalue weighted by atomic mass is 10.2. The number of hydrogen-bond donors (Lipinski definition) is 1. The summed E-state index contributed by atoms with van der Waals surface area (Å²) in [4.78, 5) is 13.2. The van der Waals surface area contributed by atoms with Crippen LogP contribution in [0.4, 0.5) is 0 Å². The molecule has 0 aliphatic heterocycles. The summed E-state index contributed by atoms with van der Waals surface area (Å²) in [6, 6.07) is 0. The normalized spacial score (nSPS) is 10.7. The first kappa shape index (κ1) is 11.6. The van der Waals surface area contributed by atoms with Crippen molar-refractivity contribution < 1.29 is 4.79 Å². The minimum atomic E-state index is 0.344. The molecule has 0 aromatic carbocycles. The topological polar surface area (TPSA) is 32.3 Å². The standard InChI is InChI=1S/C9H20N2O/c1-4-5-9(12)8-11(3)7-6-10-2/h10H,4-8H2,1-3H3. The van der Waals surface area contributed by atoms with Gasteiger partial charge in [0.25, 0.3) is 0 Å². The number of ketones is 1. The summed E-state index contributed by atoms with van der Waals surface area (Å²) in [5.74, 6) is 0.344. The summed E-state index contributed by atoms with van der Waals surface area (Å²) in [6.07, 6.45) is 1.67. The fraction of sp³-hybridized carbons (Fsp3) is 0.889. The van der Waals surface area contributed by atoms with E-state index in [1.165, 1.54) is 0 Å². The van der Waals surface area contributed by atoms with Gasteiger partial charge < -0.3 is 5.32 Å². The van der Waals surface area contributed by atoms with E-state index in [1.54, 1.807) is 0 Å². The maximum Gasteiger partial charge on any atom is 0.146 e. The van der Waals surface area contributed by atoms with Crippen LogP contribution in [-0.4, -0.2) is 44.4 Å². The average Bonchev–Trinajstić information content (AvgIpc) is 2.01. The van der Waals surface area contributed by atoms with Crippen LogP contribution in [0.5, 0.6) is 0 Å². The van der Waals surface area contributed by atoms with Crippen molar-refractivity contribution in [3.05, 3.63) is 0 Å². The zero-order chi connectivity index (χ0) is 9.40. The minimum Gasteiger partial charge on any atom is -0.318 e. The lowest BCUT2D eigenvalue weighted by Gasteiger charge is -2.14. The van der Waals surface area contributed by atoms with Gasteiger partial charge >= 0.3 is 0 Å². The Bertz CT molecular complexity index is 126. The van der Waals surface area contributed by atoms with E-state index in [1.807, 2.05) is 21.0 Å². The Morgan fingerprint density at radius 2 is 2.17 bits per heavy atom. The number of hydrogen-bond acceptors (Lipinski definition) is 3.